The molecule has 10 heteroatoms. The lowest BCUT2D eigenvalue weighted by atomic mass is 10.1. The van der Waals surface area contributed by atoms with Crippen LogP contribution in [0.5, 0.6) is 11.5 Å². The van der Waals surface area contributed by atoms with Crippen molar-refractivity contribution in [2.75, 3.05) is 24.7 Å². The monoisotopic (exact) mass is 555 g/mol. The lowest BCUT2D eigenvalue weighted by Gasteiger charge is -2.17. The van der Waals surface area contributed by atoms with Crippen LogP contribution in [0, 0.1) is 5.92 Å². The third-order valence-corrected chi connectivity index (χ3v) is 6.35. The van der Waals surface area contributed by atoms with Crippen LogP contribution in [0.4, 0.5) is 5.69 Å². The topological polar surface area (TPSA) is 99.2 Å². The SMILES string of the molecule is CCOc1ccc(N2C[C@H](C(=O)OCC(=O)c3ccc(OC(=O)c4ccc(Cl)cc4Cl)cc3)CC2=O)cc1. The first-order chi connectivity index (χ1) is 18.2. The standard InChI is InChI=1S/C28H23Cl2NO7/c1-2-36-21-10-6-20(7-11-21)31-15-18(13-26(31)33)27(34)37-16-25(32)17-3-8-22(9-4-17)38-28(35)23-12-5-19(29)14-24(23)30/h3-12,14,18H,2,13,15-16H2,1H3/t18-/m1/s1. The summed E-state index contributed by atoms with van der Waals surface area (Å²) in [5.41, 5.74) is 1.07. The third-order valence-electron chi connectivity index (χ3n) is 5.80. The molecule has 1 aliphatic heterocycles. The van der Waals surface area contributed by atoms with Crippen LogP contribution in [0.25, 0.3) is 0 Å². The molecule has 0 N–H and O–H groups in total. The number of ether oxygens (including phenoxy) is 3. The Kier molecular flexibility index (Phi) is 8.66. The van der Waals surface area contributed by atoms with Gasteiger partial charge in [0.1, 0.15) is 11.5 Å². The largest absolute Gasteiger partial charge is 0.494 e. The van der Waals surface area contributed by atoms with Gasteiger partial charge in [-0.15, -0.1) is 0 Å². The molecular weight excluding hydrogens is 533 g/mol. The molecule has 0 radical (unpaired) electrons. The van der Waals surface area contributed by atoms with Crippen molar-refractivity contribution >= 4 is 52.5 Å². The smallest absolute Gasteiger partial charge is 0.345 e. The molecule has 1 atom stereocenters. The van der Waals surface area contributed by atoms with Crippen molar-refractivity contribution in [2.45, 2.75) is 13.3 Å². The van der Waals surface area contributed by atoms with Crippen molar-refractivity contribution in [1.29, 1.82) is 0 Å². The molecule has 3 aromatic rings. The fourth-order valence-corrected chi connectivity index (χ4v) is 4.35. The summed E-state index contributed by atoms with van der Waals surface area (Å²) >= 11 is 11.9. The quantitative estimate of drug-likeness (QED) is 0.198. The van der Waals surface area contributed by atoms with Gasteiger partial charge in [-0.2, -0.15) is 0 Å². The average molecular weight is 556 g/mol. The van der Waals surface area contributed by atoms with Gasteiger partial charge in [-0.05, 0) is 73.7 Å². The molecule has 0 saturated carbocycles. The van der Waals surface area contributed by atoms with E-state index in [0.717, 1.165) is 0 Å². The number of nitrogens with zero attached hydrogens (tertiary/aromatic N) is 1. The number of hydrogen-bond acceptors (Lipinski definition) is 7. The molecule has 4 rings (SSSR count). The van der Waals surface area contributed by atoms with E-state index in [0.29, 0.717) is 23.1 Å². The molecule has 196 valence electrons. The van der Waals surface area contributed by atoms with E-state index in [4.69, 9.17) is 37.4 Å². The third kappa shape index (κ3) is 6.51. The summed E-state index contributed by atoms with van der Waals surface area (Å²) in [6.45, 7) is 2.10. The molecular formula is C28H23Cl2NO7. The molecule has 1 heterocycles. The van der Waals surface area contributed by atoms with Gasteiger partial charge in [0, 0.05) is 29.2 Å². The highest BCUT2D eigenvalue weighted by Gasteiger charge is 2.36. The van der Waals surface area contributed by atoms with Crippen molar-refractivity contribution in [1.82, 2.24) is 0 Å². The predicted octanol–water partition coefficient (Wildman–Crippen LogP) is 5.39. The minimum atomic E-state index is -0.677. The van der Waals surface area contributed by atoms with Crippen LogP contribution in [0.15, 0.2) is 66.7 Å². The Balaban J connectivity index is 1.28. The molecule has 0 aromatic heterocycles. The minimum absolute atomic E-state index is 0.00205. The molecule has 0 unspecified atom stereocenters. The second kappa shape index (κ2) is 12.1. The first kappa shape index (κ1) is 27.2. The van der Waals surface area contributed by atoms with Gasteiger partial charge >= 0.3 is 11.9 Å². The summed E-state index contributed by atoms with van der Waals surface area (Å²) in [5, 5.41) is 0.544. The number of Topliss-reactive ketones (excluding diaryl/α,β-unsaturated/α-hetero) is 1. The second-order valence-corrected chi connectivity index (χ2v) is 9.24. The molecule has 1 fully saturated rings. The van der Waals surface area contributed by atoms with E-state index < -0.39 is 30.2 Å². The van der Waals surface area contributed by atoms with Gasteiger partial charge in [0.25, 0.3) is 0 Å². The summed E-state index contributed by atoms with van der Waals surface area (Å²) < 4.78 is 15.9. The zero-order valence-corrected chi connectivity index (χ0v) is 21.8. The van der Waals surface area contributed by atoms with Gasteiger partial charge < -0.3 is 19.1 Å². The van der Waals surface area contributed by atoms with Crippen LogP contribution in [-0.2, 0) is 14.3 Å². The van der Waals surface area contributed by atoms with Gasteiger partial charge in [0.05, 0.1) is 23.1 Å². The van der Waals surface area contributed by atoms with E-state index in [9.17, 15) is 19.2 Å². The minimum Gasteiger partial charge on any atom is -0.494 e. The zero-order chi connectivity index (χ0) is 27.2. The maximum atomic E-state index is 12.6. The van der Waals surface area contributed by atoms with Gasteiger partial charge in [-0.3, -0.25) is 14.4 Å². The summed E-state index contributed by atoms with van der Waals surface area (Å²) in [5.74, 6) is -1.72. The van der Waals surface area contributed by atoms with Crippen molar-refractivity contribution in [2.24, 2.45) is 5.92 Å². The van der Waals surface area contributed by atoms with Crippen molar-refractivity contribution in [3.63, 3.8) is 0 Å². The predicted molar refractivity (Wildman–Crippen MR) is 141 cm³/mol. The molecule has 0 spiro atoms. The van der Waals surface area contributed by atoms with Crippen molar-refractivity contribution in [3.05, 3.63) is 87.9 Å². The van der Waals surface area contributed by atoms with Gasteiger partial charge in [0.15, 0.2) is 12.4 Å². The Labute approximate surface area is 229 Å². The number of rotatable bonds is 9. The van der Waals surface area contributed by atoms with Crippen LogP contribution in [0.3, 0.4) is 0 Å². The highest BCUT2D eigenvalue weighted by molar-refractivity contribution is 6.36. The Morgan fingerprint density at radius 1 is 0.947 bits per heavy atom. The lowest BCUT2D eigenvalue weighted by molar-refractivity contribution is -0.147. The molecule has 0 bridgehead atoms. The normalized spacial score (nSPS) is 14.8. The zero-order valence-electron chi connectivity index (χ0n) is 20.3. The average Bonchev–Trinajstić information content (AvgIpc) is 3.29. The van der Waals surface area contributed by atoms with E-state index >= 15 is 0 Å². The van der Waals surface area contributed by atoms with Crippen LogP contribution < -0.4 is 14.4 Å². The number of carbonyl (C=O) groups excluding carboxylic acids is 4. The van der Waals surface area contributed by atoms with Crippen molar-refractivity contribution < 1.29 is 33.4 Å². The van der Waals surface area contributed by atoms with E-state index in [1.807, 2.05) is 6.92 Å². The molecule has 38 heavy (non-hydrogen) atoms. The van der Waals surface area contributed by atoms with E-state index in [1.165, 1.54) is 47.4 Å². The van der Waals surface area contributed by atoms with Crippen LogP contribution in [0.2, 0.25) is 10.0 Å². The molecule has 3 aromatic carbocycles. The molecule has 8 nitrogen and oxygen atoms in total. The van der Waals surface area contributed by atoms with E-state index in [-0.39, 0.29) is 40.8 Å². The highest BCUT2D eigenvalue weighted by atomic mass is 35.5. The van der Waals surface area contributed by atoms with Crippen LogP contribution in [0.1, 0.15) is 34.1 Å². The summed E-state index contributed by atoms with van der Waals surface area (Å²) in [6.07, 6.45) is -0.00205. The van der Waals surface area contributed by atoms with Gasteiger partial charge in [-0.1, -0.05) is 23.2 Å². The number of carbonyl (C=O) groups is 4. The summed E-state index contributed by atoms with van der Waals surface area (Å²) in [4.78, 5) is 51.4. The van der Waals surface area contributed by atoms with E-state index in [2.05, 4.69) is 0 Å². The van der Waals surface area contributed by atoms with Gasteiger partial charge in [0.2, 0.25) is 5.91 Å². The van der Waals surface area contributed by atoms with Crippen molar-refractivity contribution in [3.8, 4) is 11.5 Å². The number of ketones is 1. The number of benzene rings is 3. The van der Waals surface area contributed by atoms with Crippen LogP contribution in [-0.4, -0.2) is 43.4 Å². The number of anilines is 1. The van der Waals surface area contributed by atoms with Crippen LogP contribution >= 0.6 is 23.2 Å². The fourth-order valence-electron chi connectivity index (χ4n) is 3.87. The maximum absolute atomic E-state index is 12.6. The highest BCUT2D eigenvalue weighted by Crippen LogP contribution is 2.28. The second-order valence-electron chi connectivity index (χ2n) is 8.40. The van der Waals surface area contributed by atoms with E-state index in [1.54, 1.807) is 24.3 Å². The lowest BCUT2D eigenvalue weighted by Crippen LogP contribution is -2.27. The number of esters is 2. The number of amides is 1. The molecule has 1 amide bonds. The van der Waals surface area contributed by atoms with Gasteiger partial charge in [-0.25, -0.2) is 4.79 Å². The number of hydrogen-bond donors (Lipinski definition) is 0. The first-order valence-electron chi connectivity index (χ1n) is 11.8. The Morgan fingerprint density at radius 2 is 1.63 bits per heavy atom. The Bertz CT molecular complexity index is 1360. The molecule has 1 aliphatic rings. The Morgan fingerprint density at radius 3 is 2.29 bits per heavy atom. The summed E-state index contributed by atoms with van der Waals surface area (Å²) in [6, 6.07) is 17.2. The molecule has 1 saturated heterocycles. The fraction of sp³-hybridized carbons (Fsp3) is 0.214. The summed E-state index contributed by atoms with van der Waals surface area (Å²) in [7, 11) is 0. The first-order valence-corrected chi connectivity index (χ1v) is 12.5. The molecule has 0 aliphatic carbocycles. The Hall–Kier alpha value is -3.88. The number of halogens is 2. The maximum Gasteiger partial charge on any atom is 0.345 e.